The third-order valence-corrected chi connectivity index (χ3v) is 7.62. The number of imidazole rings is 1. The number of benzene rings is 2. The van der Waals surface area contributed by atoms with Gasteiger partial charge in [-0.25, -0.2) is 18.6 Å². The average molecular weight is 498 g/mol. The van der Waals surface area contributed by atoms with Crippen molar-refractivity contribution in [3.05, 3.63) is 58.9 Å². The van der Waals surface area contributed by atoms with Gasteiger partial charge in [-0.3, -0.25) is 9.69 Å². The minimum absolute atomic E-state index is 0.0245. The van der Waals surface area contributed by atoms with Crippen molar-refractivity contribution in [3.63, 3.8) is 0 Å². The number of anilines is 1. The average Bonchev–Trinajstić information content (AvgIpc) is 3.51. The van der Waals surface area contributed by atoms with E-state index in [9.17, 15) is 23.5 Å². The Bertz CT molecular complexity index is 1330. The third-order valence-electron chi connectivity index (χ3n) is 7.62. The maximum atomic E-state index is 14.0. The third kappa shape index (κ3) is 4.10. The zero-order valence-electron chi connectivity index (χ0n) is 20.3. The molecule has 5 rings (SSSR count). The molecule has 0 bridgehead atoms. The van der Waals surface area contributed by atoms with Gasteiger partial charge in [0.15, 0.2) is 11.6 Å². The molecule has 3 aromatic rings. The van der Waals surface area contributed by atoms with Crippen LogP contribution in [0.3, 0.4) is 0 Å². The summed E-state index contributed by atoms with van der Waals surface area (Å²) in [5.74, 6) is -3.70. The minimum atomic E-state index is -1.13. The Morgan fingerprint density at radius 3 is 2.56 bits per heavy atom. The smallest absolute Gasteiger partial charge is 0.414 e. The number of carboxylic acids is 1. The first-order chi connectivity index (χ1) is 17.3. The second-order valence-electron chi connectivity index (χ2n) is 9.76. The highest BCUT2D eigenvalue weighted by atomic mass is 19.2. The molecule has 2 aromatic carbocycles. The Hall–Kier alpha value is -3.49. The van der Waals surface area contributed by atoms with E-state index in [2.05, 4.69) is 4.57 Å². The maximum Gasteiger partial charge on any atom is 0.414 e. The second kappa shape index (κ2) is 9.52. The lowest BCUT2D eigenvalue weighted by Gasteiger charge is -2.34. The van der Waals surface area contributed by atoms with E-state index in [-0.39, 0.29) is 24.1 Å². The highest BCUT2D eigenvalue weighted by molar-refractivity contribution is 5.95. The predicted molar refractivity (Wildman–Crippen MR) is 130 cm³/mol. The van der Waals surface area contributed by atoms with Gasteiger partial charge in [0.25, 0.3) is 0 Å². The van der Waals surface area contributed by atoms with Gasteiger partial charge in [-0.2, -0.15) is 0 Å². The zero-order valence-corrected chi connectivity index (χ0v) is 20.3. The Morgan fingerprint density at radius 1 is 1.14 bits per heavy atom. The van der Waals surface area contributed by atoms with Gasteiger partial charge in [-0.15, -0.1) is 0 Å². The van der Waals surface area contributed by atoms with Crippen LogP contribution >= 0.6 is 0 Å². The van der Waals surface area contributed by atoms with E-state index in [4.69, 9.17) is 9.72 Å². The number of amides is 1. The van der Waals surface area contributed by atoms with Gasteiger partial charge in [0, 0.05) is 24.1 Å². The van der Waals surface area contributed by atoms with E-state index >= 15 is 0 Å². The molecule has 2 heterocycles. The van der Waals surface area contributed by atoms with Crippen LogP contribution in [-0.4, -0.2) is 39.9 Å². The molecule has 1 saturated carbocycles. The van der Waals surface area contributed by atoms with Crippen molar-refractivity contribution in [2.75, 3.05) is 12.0 Å². The Morgan fingerprint density at radius 2 is 1.89 bits per heavy atom. The fourth-order valence-electron chi connectivity index (χ4n) is 5.80. The summed E-state index contributed by atoms with van der Waals surface area (Å²) in [6, 6.07) is 7.26. The Kier molecular flexibility index (Phi) is 6.40. The number of hydrogen-bond donors (Lipinski definition) is 1. The first-order valence-electron chi connectivity index (χ1n) is 12.4. The molecule has 0 unspecified atom stereocenters. The molecular formula is C27H29F2N3O4. The van der Waals surface area contributed by atoms with E-state index < -0.39 is 29.6 Å². The van der Waals surface area contributed by atoms with Crippen LogP contribution in [-0.2, 0) is 22.4 Å². The lowest BCUT2D eigenvalue weighted by Crippen LogP contribution is -2.42. The number of aryl methyl sites for hydroxylation is 1. The fraction of sp³-hybridized carbons (Fsp3) is 0.444. The summed E-state index contributed by atoms with van der Waals surface area (Å²) in [6.45, 7) is 1.98. The quantitative estimate of drug-likeness (QED) is 0.485. The summed E-state index contributed by atoms with van der Waals surface area (Å²) < 4.78 is 34.6. The van der Waals surface area contributed by atoms with E-state index in [1.807, 2.05) is 19.1 Å². The number of ether oxygens (including phenoxy) is 1. The Labute approximate surface area is 207 Å². The van der Waals surface area contributed by atoms with Crippen LogP contribution in [0.4, 0.5) is 19.3 Å². The molecule has 1 amide bonds. The van der Waals surface area contributed by atoms with Gasteiger partial charge in [-0.1, -0.05) is 18.9 Å². The summed E-state index contributed by atoms with van der Waals surface area (Å²) in [5, 5.41) is 10.0. The first kappa shape index (κ1) is 24.2. The lowest BCUT2D eigenvalue weighted by atomic mass is 9.95. The maximum absolute atomic E-state index is 14.0. The number of halogens is 2. The van der Waals surface area contributed by atoms with Crippen LogP contribution in [0.25, 0.3) is 11.0 Å². The highest BCUT2D eigenvalue weighted by Gasteiger charge is 2.33. The van der Waals surface area contributed by atoms with Crippen molar-refractivity contribution in [2.45, 2.75) is 69.9 Å². The number of methoxy groups -OCH3 is 1. The van der Waals surface area contributed by atoms with Crippen molar-refractivity contribution >= 4 is 28.8 Å². The molecule has 0 radical (unpaired) electrons. The second-order valence-corrected chi connectivity index (χ2v) is 9.76. The number of aromatic nitrogens is 2. The number of aliphatic carboxylic acids is 1. The minimum Gasteiger partial charge on any atom is -0.481 e. The highest BCUT2D eigenvalue weighted by Crippen LogP contribution is 2.40. The van der Waals surface area contributed by atoms with Crippen molar-refractivity contribution in [1.29, 1.82) is 0 Å². The molecule has 36 heavy (non-hydrogen) atoms. The molecule has 1 aromatic heterocycles. The van der Waals surface area contributed by atoms with Gasteiger partial charge in [0.05, 0.1) is 29.7 Å². The van der Waals surface area contributed by atoms with E-state index in [0.717, 1.165) is 72.9 Å². The van der Waals surface area contributed by atoms with Gasteiger partial charge >= 0.3 is 12.1 Å². The van der Waals surface area contributed by atoms with Crippen LogP contribution < -0.4 is 4.90 Å². The number of hydrogen-bond acceptors (Lipinski definition) is 4. The molecule has 190 valence electrons. The lowest BCUT2D eigenvalue weighted by molar-refractivity contribution is -0.138. The summed E-state index contributed by atoms with van der Waals surface area (Å²) in [4.78, 5) is 31.4. The van der Waals surface area contributed by atoms with Crippen LogP contribution in [0, 0.1) is 11.6 Å². The molecule has 1 N–H and O–H groups in total. The molecule has 7 nitrogen and oxygen atoms in total. The first-order valence-corrected chi connectivity index (χ1v) is 12.4. The van der Waals surface area contributed by atoms with E-state index in [1.54, 1.807) is 4.90 Å². The Balaban J connectivity index is 1.64. The molecule has 2 atom stereocenters. The van der Waals surface area contributed by atoms with Crippen molar-refractivity contribution in [1.82, 2.24) is 9.55 Å². The number of carbonyl (C=O) groups is 2. The normalized spacial score (nSPS) is 18.9. The largest absolute Gasteiger partial charge is 0.481 e. The number of rotatable bonds is 5. The molecule has 1 aliphatic heterocycles. The fourth-order valence-corrected chi connectivity index (χ4v) is 5.80. The van der Waals surface area contributed by atoms with Crippen molar-refractivity contribution in [2.24, 2.45) is 0 Å². The molecule has 0 spiro atoms. The summed E-state index contributed by atoms with van der Waals surface area (Å²) in [5.41, 5.74) is 3.55. The topological polar surface area (TPSA) is 84.7 Å². The van der Waals surface area contributed by atoms with Gasteiger partial charge in [0.1, 0.15) is 5.82 Å². The number of carboxylic acid groups (broad SMARTS) is 1. The molecule has 1 aliphatic carbocycles. The van der Waals surface area contributed by atoms with Gasteiger partial charge in [0.2, 0.25) is 0 Å². The number of carbonyl (C=O) groups excluding carboxylic acids is 1. The predicted octanol–water partition coefficient (Wildman–Crippen LogP) is 5.75. The standard InChI is InChI=1S/C27H29F2N3O4/c1-15-7-9-18-22(31(15)27(35)36-2)11-12-23-25(18)30-24(32(23)17-5-3-4-6-17)14-19(26(33)34)16-8-10-20(28)21(29)13-16/h8,10-13,15,17,19H,3-7,9,14H2,1-2H3,(H,33,34)/t15-,19+/m0/s1. The SMILES string of the molecule is COC(=O)N1c2ccc3c(nc(C[C@@H](C(=O)O)c4ccc(F)c(F)c4)n3C3CCCC3)c2CC[C@@H]1C. The van der Waals surface area contributed by atoms with Crippen molar-refractivity contribution in [3.8, 4) is 0 Å². The van der Waals surface area contributed by atoms with Crippen molar-refractivity contribution < 1.29 is 28.2 Å². The van der Waals surface area contributed by atoms with Crippen LogP contribution in [0.5, 0.6) is 0 Å². The molecule has 2 aliphatic rings. The molecule has 9 heteroatoms. The van der Waals surface area contributed by atoms with Crippen LogP contribution in [0.15, 0.2) is 30.3 Å². The number of nitrogens with zero attached hydrogens (tertiary/aromatic N) is 3. The van der Waals surface area contributed by atoms with Gasteiger partial charge in [-0.05, 0) is 62.4 Å². The van der Waals surface area contributed by atoms with Crippen LogP contribution in [0.2, 0.25) is 0 Å². The van der Waals surface area contributed by atoms with Crippen LogP contribution in [0.1, 0.15) is 67.9 Å². The molecule has 1 fully saturated rings. The number of fused-ring (bicyclic) bond motifs is 3. The summed E-state index contributed by atoms with van der Waals surface area (Å²) >= 11 is 0. The van der Waals surface area contributed by atoms with E-state index in [1.165, 1.54) is 13.2 Å². The zero-order chi connectivity index (χ0) is 25.6. The summed E-state index contributed by atoms with van der Waals surface area (Å²) in [6.07, 6.45) is 5.17. The monoisotopic (exact) mass is 497 g/mol. The summed E-state index contributed by atoms with van der Waals surface area (Å²) in [7, 11) is 1.36. The molecular weight excluding hydrogens is 468 g/mol. The molecule has 0 saturated heterocycles. The van der Waals surface area contributed by atoms with E-state index in [0.29, 0.717) is 5.82 Å². The van der Waals surface area contributed by atoms with Gasteiger partial charge < -0.3 is 14.4 Å².